The van der Waals surface area contributed by atoms with E-state index in [9.17, 15) is 14.4 Å². The number of nitrogens with one attached hydrogen (secondary N) is 3. The van der Waals surface area contributed by atoms with Gasteiger partial charge in [0.05, 0.1) is 6.54 Å². The van der Waals surface area contributed by atoms with Crippen molar-refractivity contribution in [2.24, 2.45) is 0 Å². The highest BCUT2D eigenvalue weighted by Gasteiger charge is 2.15. The number of hydrogen-bond donors (Lipinski definition) is 3. The lowest BCUT2D eigenvalue weighted by atomic mass is 9.87. The molecule has 0 heterocycles. The molecule has 0 atom stereocenters. The Labute approximate surface area is 171 Å². The Kier molecular flexibility index (Phi) is 6.98. The van der Waals surface area contributed by atoms with Crippen LogP contribution in [0.3, 0.4) is 0 Å². The summed E-state index contributed by atoms with van der Waals surface area (Å²) in [5.41, 5.74) is 7.51. The lowest BCUT2D eigenvalue weighted by Crippen LogP contribution is -2.46. The molecule has 7 heteroatoms. The van der Waals surface area contributed by atoms with Gasteiger partial charge >= 0.3 is 0 Å². The number of benzene rings is 2. The topological polar surface area (TPSA) is 90.5 Å². The number of carbonyl (C=O) groups excluding carboxylic acids is 3. The zero-order chi connectivity index (χ0) is 21.6. The summed E-state index contributed by atoms with van der Waals surface area (Å²) in [6, 6.07) is 14.3. The number of hydrogen-bond acceptors (Lipinski definition) is 4. The van der Waals surface area contributed by atoms with E-state index in [4.69, 9.17) is 0 Å². The lowest BCUT2D eigenvalue weighted by Gasteiger charge is -2.19. The number of anilines is 1. The number of carbonyl (C=O) groups is 3. The first-order valence-electron chi connectivity index (χ1n) is 9.33. The molecule has 0 bridgehead atoms. The van der Waals surface area contributed by atoms with E-state index in [-0.39, 0.29) is 17.9 Å². The molecule has 0 aliphatic carbocycles. The molecular weight excluding hydrogens is 368 g/mol. The Morgan fingerprint density at radius 1 is 0.862 bits per heavy atom. The highest BCUT2D eigenvalue weighted by molar-refractivity contribution is 5.98. The van der Waals surface area contributed by atoms with Gasteiger partial charge in [-0.15, -0.1) is 0 Å². The van der Waals surface area contributed by atoms with Gasteiger partial charge in [0, 0.05) is 30.9 Å². The minimum absolute atomic E-state index is 0.000833. The fourth-order valence-electron chi connectivity index (χ4n) is 2.55. The van der Waals surface area contributed by atoms with E-state index in [1.165, 1.54) is 0 Å². The van der Waals surface area contributed by atoms with Crippen molar-refractivity contribution >= 4 is 23.4 Å². The summed E-state index contributed by atoms with van der Waals surface area (Å²) in [6.07, 6.45) is 0. The largest absolute Gasteiger partial charge is 0.378 e. The van der Waals surface area contributed by atoms with Gasteiger partial charge in [0.2, 0.25) is 0 Å². The van der Waals surface area contributed by atoms with Crippen LogP contribution in [-0.4, -0.2) is 38.4 Å². The molecule has 0 aliphatic rings. The van der Waals surface area contributed by atoms with Crippen molar-refractivity contribution in [3.63, 3.8) is 0 Å². The Morgan fingerprint density at radius 3 is 2.10 bits per heavy atom. The Bertz CT molecular complexity index is 884. The third-order valence-corrected chi connectivity index (χ3v) is 4.36. The van der Waals surface area contributed by atoms with E-state index in [1.807, 2.05) is 37.2 Å². The third-order valence-electron chi connectivity index (χ3n) is 4.36. The van der Waals surface area contributed by atoms with Crippen LogP contribution in [-0.2, 0) is 10.2 Å². The molecule has 0 aliphatic heterocycles. The minimum atomic E-state index is -0.526. The van der Waals surface area contributed by atoms with Crippen molar-refractivity contribution in [1.29, 1.82) is 0 Å². The van der Waals surface area contributed by atoms with E-state index >= 15 is 0 Å². The molecule has 0 radical (unpaired) electrons. The van der Waals surface area contributed by atoms with Crippen molar-refractivity contribution in [3.05, 3.63) is 65.2 Å². The number of nitrogens with zero attached hydrogens (tertiary/aromatic N) is 1. The van der Waals surface area contributed by atoms with Gasteiger partial charge in [-0.05, 0) is 41.3 Å². The summed E-state index contributed by atoms with van der Waals surface area (Å²) < 4.78 is 0. The van der Waals surface area contributed by atoms with Gasteiger partial charge in [-0.25, -0.2) is 0 Å². The summed E-state index contributed by atoms with van der Waals surface area (Å²) in [6.45, 7) is 6.03. The fourth-order valence-corrected chi connectivity index (χ4v) is 2.55. The van der Waals surface area contributed by atoms with Crippen molar-refractivity contribution in [2.45, 2.75) is 26.2 Å². The second kappa shape index (κ2) is 9.23. The molecule has 7 nitrogen and oxygen atoms in total. The molecule has 154 valence electrons. The average Bonchev–Trinajstić information content (AvgIpc) is 2.69. The van der Waals surface area contributed by atoms with Crippen LogP contribution in [0.1, 0.15) is 47.1 Å². The zero-order valence-electron chi connectivity index (χ0n) is 17.5. The molecule has 0 saturated carbocycles. The van der Waals surface area contributed by atoms with Gasteiger partial charge in [0.1, 0.15) is 0 Å². The van der Waals surface area contributed by atoms with Gasteiger partial charge in [-0.1, -0.05) is 39.0 Å². The lowest BCUT2D eigenvalue weighted by molar-refractivity contribution is -0.120. The maximum absolute atomic E-state index is 12.2. The molecule has 3 N–H and O–H groups in total. The molecule has 3 amide bonds. The predicted octanol–water partition coefficient (Wildman–Crippen LogP) is 2.24. The van der Waals surface area contributed by atoms with Crippen LogP contribution in [0.5, 0.6) is 0 Å². The van der Waals surface area contributed by atoms with Crippen LogP contribution < -0.4 is 21.1 Å². The van der Waals surface area contributed by atoms with Gasteiger partial charge in [-0.2, -0.15) is 0 Å². The van der Waals surface area contributed by atoms with Crippen molar-refractivity contribution in [1.82, 2.24) is 16.2 Å². The van der Waals surface area contributed by atoms with Crippen molar-refractivity contribution in [2.75, 3.05) is 25.5 Å². The number of rotatable bonds is 5. The first-order valence-corrected chi connectivity index (χ1v) is 9.33. The molecule has 0 unspecified atom stereocenters. The summed E-state index contributed by atoms with van der Waals surface area (Å²) in [4.78, 5) is 38.2. The summed E-state index contributed by atoms with van der Waals surface area (Å²) in [7, 11) is 3.75. The van der Waals surface area contributed by atoms with Gasteiger partial charge in [0.25, 0.3) is 17.7 Å². The van der Waals surface area contributed by atoms with Crippen LogP contribution in [0, 0.1) is 0 Å². The standard InChI is InChI=1S/C22H28N4O3/c1-22(2,3)17-11-9-15(10-12-17)20(28)23-14-19(27)24-25-21(29)16-7-6-8-18(13-16)26(4)5/h6-13H,14H2,1-5H3,(H,23,28)(H,24,27)(H,25,29). The molecule has 0 fully saturated rings. The molecule has 0 aromatic heterocycles. The Morgan fingerprint density at radius 2 is 1.52 bits per heavy atom. The summed E-state index contributed by atoms with van der Waals surface area (Å²) in [5, 5.41) is 2.54. The molecule has 2 rings (SSSR count). The van der Waals surface area contributed by atoms with Crippen LogP contribution in [0.2, 0.25) is 0 Å². The molecule has 29 heavy (non-hydrogen) atoms. The van der Waals surface area contributed by atoms with Crippen LogP contribution in [0.25, 0.3) is 0 Å². The van der Waals surface area contributed by atoms with E-state index in [0.29, 0.717) is 11.1 Å². The number of hydrazine groups is 1. The van der Waals surface area contributed by atoms with Crippen molar-refractivity contribution < 1.29 is 14.4 Å². The molecule has 0 spiro atoms. The first-order chi connectivity index (χ1) is 13.6. The van der Waals surface area contributed by atoms with Crippen LogP contribution in [0.15, 0.2) is 48.5 Å². The molecule has 0 saturated heterocycles. The second-order valence-electron chi connectivity index (χ2n) is 7.96. The summed E-state index contributed by atoms with van der Waals surface area (Å²) >= 11 is 0. The smallest absolute Gasteiger partial charge is 0.269 e. The minimum Gasteiger partial charge on any atom is -0.378 e. The van der Waals surface area contributed by atoms with E-state index < -0.39 is 11.8 Å². The van der Waals surface area contributed by atoms with E-state index in [0.717, 1.165) is 11.3 Å². The normalized spacial score (nSPS) is 10.8. The van der Waals surface area contributed by atoms with Gasteiger partial charge in [0.15, 0.2) is 0 Å². The fraction of sp³-hybridized carbons (Fsp3) is 0.318. The summed E-state index contributed by atoms with van der Waals surface area (Å²) in [5.74, 6) is -1.32. The highest BCUT2D eigenvalue weighted by atomic mass is 16.2. The monoisotopic (exact) mass is 396 g/mol. The van der Waals surface area contributed by atoms with Gasteiger partial charge < -0.3 is 10.2 Å². The van der Waals surface area contributed by atoms with E-state index in [2.05, 4.69) is 36.9 Å². The maximum atomic E-state index is 12.2. The Balaban J connectivity index is 1.83. The zero-order valence-corrected chi connectivity index (χ0v) is 17.5. The number of amides is 3. The highest BCUT2D eigenvalue weighted by Crippen LogP contribution is 2.22. The molecular formula is C22H28N4O3. The van der Waals surface area contributed by atoms with E-state index in [1.54, 1.807) is 30.3 Å². The van der Waals surface area contributed by atoms with Crippen LogP contribution >= 0.6 is 0 Å². The van der Waals surface area contributed by atoms with Gasteiger partial charge in [-0.3, -0.25) is 25.2 Å². The average molecular weight is 396 g/mol. The first kappa shape index (κ1) is 21.9. The molecule has 2 aromatic carbocycles. The SMILES string of the molecule is CN(C)c1cccc(C(=O)NNC(=O)CNC(=O)c2ccc(C(C)(C)C)cc2)c1. The molecule has 2 aromatic rings. The quantitative estimate of drug-likeness (QED) is 0.676. The predicted molar refractivity (Wildman–Crippen MR) is 114 cm³/mol. The maximum Gasteiger partial charge on any atom is 0.269 e. The van der Waals surface area contributed by atoms with Crippen molar-refractivity contribution in [3.8, 4) is 0 Å². The Hall–Kier alpha value is -3.35. The third kappa shape index (κ3) is 6.34. The van der Waals surface area contributed by atoms with Crippen LogP contribution in [0.4, 0.5) is 5.69 Å². The second-order valence-corrected chi connectivity index (χ2v) is 7.96.